The second kappa shape index (κ2) is 5.34. The van der Waals surface area contributed by atoms with Gasteiger partial charge in [-0.25, -0.2) is 0 Å². The Morgan fingerprint density at radius 3 is 2.47 bits per heavy atom. The lowest BCUT2D eigenvalue weighted by atomic mass is 9.91. The van der Waals surface area contributed by atoms with Crippen LogP contribution in [0.4, 0.5) is 0 Å². The smallest absolute Gasteiger partial charge is 0.00748 e. The van der Waals surface area contributed by atoms with E-state index < -0.39 is 0 Å². The van der Waals surface area contributed by atoms with Crippen LogP contribution >= 0.6 is 0 Å². The van der Waals surface area contributed by atoms with E-state index in [9.17, 15) is 0 Å². The molecule has 3 unspecified atom stereocenters. The highest BCUT2D eigenvalue weighted by molar-refractivity contribution is 4.87. The monoisotopic (exact) mass is 211 g/mol. The molecule has 0 bridgehead atoms. The van der Waals surface area contributed by atoms with Crippen molar-refractivity contribution in [2.45, 2.75) is 78.8 Å². The largest absolute Gasteiger partial charge is 0.311 e. The third-order valence-electron chi connectivity index (χ3n) is 3.94. The van der Waals surface area contributed by atoms with Crippen LogP contribution in [-0.2, 0) is 0 Å². The van der Waals surface area contributed by atoms with Crippen molar-refractivity contribution in [1.29, 1.82) is 0 Å². The molecular weight excluding hydrogens is 182 g/mol. The van der Waals surface area contributed by atoms with Gasteiger partial charge in [0.05, 0.1) is 0 Å². The van der Waals surface area contributed by atoms with Crippen molar-refractivity contribution < 1.29 is 0 Å². The van der Waals surface area contributed by atoms with E-state index in [-0.39, 0.29) is 0 Å². The predicted octanol–water partition coefficient (Wildman–Crippen LogP) is 3.98. The van der Waals surface area contributed by atoms with E-state index in [2.05, 4.69) is 39.9 Å². The summed E-state index contributed by atoms with van der Waals surface area (Å²) in [4.78, 5) is 0. The summed E-state index contributed by atoms with van der Waals surface area (Å²) in [5.41, 5.74) is 0.577. The Morgan fingerprint density at radius 1 is 1.33 bits per heavy atom. The lowest BCUT2D eigenvalue weighted by Crippen LogP contribution is -2.36. The summed E-state index contributed by atoms with van der Waals surface area (Å²) in [6, 6.07) is 1.47. The summed E-state index contributed by atoms with van der Waals surface area (Å²) < 4.78 is 0. The van der Waals surface area contributed by atoms with E-state index >= 15 is 0 Å². The summed E-state index contributed by atoms with van der Waals surface area (Å²) in [5, 5.41) is 3.80. The highest BCUT2D eigenvalue weighted by atomic mass is 15.0. The second-order valence-electron chi connectivity index (χ2n) is 6.42. The highest BCUT2D eigenvalue weighted by Gasteiger charge is 2.31. The lowest BCUT2D eigenvalue weighted by Gasteiger charge is -2.23. The average Bonchev–Trinajstić information content (AvgIpc) is 2.44. The van der Waals surface area contributed by atoms with Gasteiger partial charge in [-0.2, -0.15) is 0 Å². The van der Waals surface area contributed by atoms with Crippen molar-refractivity contribution in [2.24, 2.45) is 11.3 Å². The standard InChI is InChI=1S/C14H29N/c1-6-11(2)9-12(3)15-13-7-8-14(4,5)10-13/h11-13,15H,6-10H2,1-5H3. The zero-order chi connectivity index (χ0) is 11.5. The van der Waals surface area contributed by atoms with Gasteiger partial charge in [-0.1, -0.05) is 34.1 Å². The highest BCUT2D eigenvalue weighted by Crippen LogP contribution is 2.37. The molecule has 1 heteroatoms. The Kier molecular flexibility index (Phi) is 4.64. The molecule has 0 aromatic carbocycles. The van der Waals surface area contributed by atoms with Crippen molar-refractivity contribution in [1.82, 2.24) is 5.32 Å². The lowest BCUT2D eigenvalue weighted by molar-refractivity contribution is 0.337. The molecule has 0 radical (unpaired) electrons. The third-order valence-corrected chi connectivity index (χ3v) is 3.94. The maximum Gasteiger partial charge on any atom is 0.00748 e. The minimum absolute atomic E-state index is 0.577. The molecule has 15 heavy (non-hydrogen) atoms. The fourth-order valence-electron chi connectivity index (χ4n) is 2.82. The number of hydrogen-bond acceptors (Lipinski definition) is 1. The van der Waals surface area contributed by atoms with Gasteiger partial charge in [0, 0.05) is 12.1 Å². The summed E-state index contributed by atoms with van der Waals surface area (Å²) in [6.45, 7) is 11.8. The van der Waals surface area contributed by atoms with Gasteiger partial charge in [0.25, 0.3) is 0 Å². The van der Waals surface area contributed by atoms with E-state index in [4.69, 9.17) is 0 Å². The summed E-state index contributed by atoms with van der Waals surface area (Å²) in [7, 11) is 0. The molecule has 0 aliphatic heterocycles. The van der Waals surface area contributed by atoms with Gasteiger partial charge in [0.15, 0.2) is 0 Å². The molecular formula is C14H29N. The molecule has 1 fully saturated rings. The first-order valence-corrected chi connectivity index (χ1v) is 6.69. The van der Waals surface area contributed by atoms with Gasteiger partial charge in [0.2, 0.25) is 0 Å². The summed E-state index contributed by atoms with van der Waals surface area (Å²) in [6.07, 6.45) is 6.76. The van der Waals surface area contributed by atoms with Crippen LogP contribution in [0.1, 0.15) is 66.7 Å². The first kappa shape index (κ1) is 13.0. The number of rotatable bonds is 5. The maximum atomic E-state index is 3.80. The minimum atomic E-state index is 0.577. The van der Waals surface area contributed by atoms with E-state index in [1.807, 2.05) is 0 Å². The van der Waals surface area contributed by atoms with Crippen molar-refractivity contribution in [3.05, 3.63) is 0 Å². The average molecular weight is 211 g/mol. The summed E-state index contributed by atoms with van der Waals surface area (Å²) >= 11 is 0. The molecule has 90 valence electrons. The first-order valence-electron chi connectivity index (χ1n) is 6.69. The van der Waals surface area contributed by atoms with Crippen molar-refractivity contribution in [2.75, 3.05) is 0 Å². The van der Waals surface area contributed by atoms with Crippen LogP contribution in [-0.4, -0.2) is 12.1 Å². The first-order chi connectivity index (χ1) is 6.93. The Morgan fingerprint density at radius 2 is 2.00 bits per heavy atom. The Labute approximate surface area is 96.0 Å². The minimum Gasteiger partial charge on any atom is -0.311 e. The molecule has 0 amide bonds. The van der Waals surface area contributed by atoms with Gasteiger partial charge in [-0.15, -0.1) is 0 Å². The normalized spacial score (nSPS) is 29.0. The third kappa shape index (κ3) is 4.55. The van der Waals surface area contributed by atoms with Gasteiger partial charge in [-0.05, 0) is 43.9 Å². The van der Waals surface area contributed by atoms with Gasteiger partial charge in [0.1, 0.15) is 0 Å². The van der Waals surface area contributed by atoms with E-state index in [0.717, 1.165) is 12.0 Å². The van der Waals surface area contributed by atoms with E-state index in [0.29, 0.717) is 11.5 Å². The Balaban J connectivity index is 2.24. The van der Waals surface area contributed by atoms with E-state index in [1.165, 1.54) is 32.1 Å². The fourth-order valence-corrected chi connectivity index (χ4v) is 2.82. The van der Waals surface area contributed by atoms with Crippen LogP contribution in [0, 0.1) is 11.3 Å². The zero-order valence-electron chi connectivity index (χ0n) is 11.3. The van der Waals surface area contributed by atoms with Crippen LogP contribution in [0.15, 0.2) is 0 Å². The van der Waals surface area contributed by atoms with E-state index in [1.54, 1.807) is 0 Å². The van der Waals surface area contributed by atoms with Crippen LogP contribution in [0.25, 0.3) is 0 Å². The Bertz CT molecular complexity index is 186. The van der Waals surface area contributed by atoms with Gasteiger partial charge >= 0.3 is 0 Å². The molecule has 0 heterocycles. The molecule has 0 aromatic rings. The fraction of sp³-hybridized carbons (Fsp3) is 1.00. The number of hydrogen-bond donors (Lipinski definition) is 1. The zero-order valence-corrected chi connectivity index (χ0v) is 11.3. The van der Waals surface area contributed by atoms with Crippen molar-refractivity contribution >= 4 is 0 Å². The molecule has 1 rings (SSSR count). The van der Waals surface area contributed by atoms with Crippen LogP contribution in [0.3, 0.4) is 0 Å². The molecule has 1 N–H and O–H groups in total. The van der Waals surface area contributed by atoms with Crippen LogP contribution in [0.5, 0.6) is 0 Å². The van der Waals surface area contributed by atoms with Crippen molar-refractivity contribution in [3.63, 3.8) is 0 Å². The summed E-state index contributed by atoms with van der Waals surface area (Å²) in [5.74, 6) is 0.863. The molecule has 0 saturated heterocycles. The van der Waals surface area contributed by atoms with Crippen LogP contribution in [0.2, 0.25) is 0 Å². The number of nitrogens with one attached hydrogen (secondary N) is 1. The molecule has 1 saturated carbocycles. The molecule has 1 aliphatic rings. The van der Waals surface area contributed by atoms with Gasteiger partial charge in [-0.3, -0.25) is 0 Å². The molecule has 1 aliphatic carbocycles. The SMILES string of the molecule is CCC(C)CC(C)NC1CCC(C)(C)C1. The molecule has 1 nitrogen and oxygen atoms in total. The maximum absolute atomic E-state index is 3.80. The van der Waals surface area contributed by atoms with Crippen LogP contribution < -0.4 is 5.32 Å². The van der Waals surface area contributed by atoms with Crippen molar-refractivity contribution in [3.8, 4) is 0 Å². The molecule has 0 aromatic heterocycles. The molecule has 0 spiro atoms. The quantitative estimate of drug-likeness (QED) is 0.725. The molecule has 3 atom stereocenters. The second-order valence-corrected chi connectivity index (χ2v) is 6.42. The topological polar surface area (TPSA) is 12.0 Å². The Hall–Kier alpha value is -0.0400. The predicted molar refractivity (Wildman–Crippen MR) is 68.1 cm³/mol. The van der Waals surface area contributed by atoms with Gasteiger partial charge < -0.3 is 5.32 Å².